The molecular weight excluding hydrogens is 272 g/mol. The summed E-state index contributed by atoms with van der Waals surface area (Å²) in [6.07, 6.45) is -0.121. The molecule has 1 aromatic rings. The third-order valence-corrected chi connectivity index (χ3v) is 3.12. The summed E-state index contributed by atoms with van der Waals surface area (Å²) < 4.78 is 0. The quantitative estimate of drug-likeness (QED) is 0.702. The van der Waals surface area contributed by atoms with Gasteiger partial charge in [-0.2, -0.15) is 0 Å². The van der Waals surface area contributed by atoms with E-state index < -0.39 is 23.8 Å². The van der Waals surface area contributed by atoms with E-state index in [0.29, 0.717) is 11.5 Å². The first-order chi connectivity index (χ1) is 9.81. The van der Waals surface area contributed by atoms with Crippen LogP contribution >= 0.6 is 0 Å². The summed E-state index contributed by atoms with van der Waals surface area (Å²) in [4.78, 5) is 33.8. The molecule has 0 aromatic heterocycles. The van der Waals surface area contributed by atoms with Gasteiger partial charge in [0.15, 0.2) is 0 Å². The highest BCUT2D eigenvalue weighted by molar-refractivity contribution is 5.96. The Hall–Kier alpha value is -2.37. The second-order valence-corrected chi connectivity index (χ2v) is 5.15. The van der Waals surface area contributed by atoms with Crippen molar-refractivity contribution in [3.63, 3.8) is 0 Å². The fourth-order valence-corrected chi connectivity index (χ4v) is 1.80. The molecule has 6 nitrogen and oxygen atoms in total. The van der Waals surface area contributed by atoms with Gasteiger partial charge in [-0.05, 0) is 30.0 Å². The number of carboxylic acid groups (broad SMARTS) is 1. The maximum atomic E-state index is 12.0. The third kappa shape index (κ3) is 5.25. The number of nitrogens with one attached hydrogen (secondary N) is 1. The van der Waals surface area contributed by atoms with Gasteiger partial charge < -0.3 is 16.2 Å². The maximum absolute atomic E-state index is 12.0. The summed E-state index contributed by atoms with van der Waals surface area (Å²) in [5, 5.41) is 11.4. The van der Waals surface area contributed by atoms with Crippen LogP contribution in [0.3, 0.4) is 0 Å². The zero-order valence-electron chi connectivity index (χ0n) is 12.1. The standard InChI is InChI=1S/C15H20N2O4/c1-9(2)10-3-5-11(6-4-10)14(19)17-12(15(20)21)7-8-13(16)18/h3-6,9,12H,7-8H2,1-2H3,(H2,16,18)(H,17,19)(H,20,21)/t12-/m1/s1. The lowest BCUT2D eigenvalue weighted by Gasteiger charge is -2.14. The lowest BCUT2D eigenvalue weighted by Crippen LogP contribution is -2.41. The van der Waals surface area contributed by atoms with Crippen molar-refractivity contribution in [3.05, 3.63) is 35.4 Å². The second-order valence-electron chi connectivity index (χ2n) is 5.15. The summed E-state index contributed by atoms with van der Waals surface area (Å²) in [6.45, 7) is 4.08. The monoisotopic (exact) mass is 292 g/mol. The second kappa shape index (κ2) is 7.42. The van der Waals surface area contributed by atoms with Gasteiger partial charge in [-0.15, -0.1) is 0 Å². The van der Waals surface area contributed by atoms with Gasteiger partial charge in [0.2, 0.25) is 5.91 Å². The molecule has 0 radical (unpaired) electrons. The SMILES string of the molecule is CC(C)c1ccc(C(=O)N[C@H](CCC(N)=O)C(=O)O)cc1. The Morgan fingerprint density at radius 3 is 2.19 bits per heavy atom. The average molecular weight is 292 g/mol. The molecule has 1 atom stereocenters. The van der Waals surface area contributed by atoms with Gasteiger partial charge in [0.25, 0.3) is 5.91 Å². The van der Waals surface area contributed by atoms with Crippen LogP contribution < -0.4 is 11.1 Å². The summed E-state index contributed by atoms with van der Waals surface area (Å²) >= 11 is 0. The molecule has 0 aliphatic carbocycles. The van der Waals surface area contributed by atoms with Gasteiger partial charge in [0.05, 0.1) is 0 Å². The van der Waals surface area contributed by atoms with Crippen molar-refractivity contribution in [1.82, 2.24) is 5.32 Å². The molecule has 0 spiro atoms. The summed E-state index contributed by atoms with van der Waals surface area (Å²) in [5.74, 6) is -1.92. The summed E-state index contributed by atoms with van der Waals surface area (Å²) in [6, 6.07) is 5.84. The molecule has 0 unspecified atom stereocenters. The predicted octanol–water partition coefficient (Wildman–Crippen LogP) is 1.26. The van der Waals surface area contributed by atoms with E-state index in [9.17, 15) is 14.4 Å². The number of benzene rings is 1. The Kier molecular flexibility index (Phi) is 5.90. The minimum atomic E-state index is -1.19. The zero-order chi connectivity index (χ0) is 16.0. The molecule has 2 amide bonds. The normalized spacial score (nSPS) is 12.0. The fraction of sp³-hybridized carbons (Fsp3) is 0.400. The molecule has 0 saturated heterocycles. The Morgan fingerprint density at radius 2 is 1.76 bits per heavy atom. The molecule has 4 N–H and O–H groups in total. The van der Waals surface area contributed by atoms with Gasteiger partial charge in [-0.3, -0.25) is 9.59 Å². The first kappa shape index (κ1) is 16.7. The number of carbonyl (C=O) groups is 3. The van der Waals surface area contributed by atoms with Crippen LogP contribution in [0.1, 0.15) is 48.5 Å². The van der Waals surface area contributed by atoms with Crippen molar-refractivity contribution < 1.29 is 19.5 Å². The van der Waals surface area contributed by atoms with Gasteiger partial charge in [-0.25, -0.2) is 4.79 Å². The lowest BCUT2D eigenvalue weighted by atomic mass is 10.0. The van der Waals surface area contributed by atoms with Crippen molar-refractivity contribution >= 4 is 17.8 Å². The molecule has 0 saturated carbocycles. The number of carboxylic acids is 1. The minimum absolute atomic E-state index is 0.0273. The topological polar surface area (TPSA) is 109 Å². The molecule has 0 aliphatic rings. The number of nitrogens with two attached hydrogens (primary N) is 1. The Balaban J connectivity index is 2.72. The van der Waals surface area contributed by atoms with E-state index in [1.165, 1.54) is 0 Å². The highest BCUT2D eigenvalue weighted by Gasteiger charge is 2.21. The van der Waals surface area contributed by atoms with Crippen molar-refractivity contribution in [1.29, 1.82) is 0 Å². The number of carbonyl (C=O) groups excluding carboxylic acids is 2. The molecule has 0 fully saturated rings. The lowest BCUT2D eigenvalue weighted by molar-refractivity contribution is -0.139. The van der Waals surface area contributed by atoms with Crippen LogP contribution in [0, 0.1) is 0 Å². The van der Waals surface area contributed by atoms with Crippen molar-refractivity contribution in [2.45, 2.75) is 38.6 Å². The highest BCUT2D eigenvalue weighted by atomic mass is 16.4. The van der Waals surface area contributed by atoms with E-state index >= 15 is 0 Å². The third-order valence-electron chi connectivity index (χ3n) is 3.12. The summed E-state index contributed by atoms with van der Waals surface area (Å²) in [5.41, 5.74) is 6.46. The predicted molar refractivity (Wildman–Crippen MR) is 77.8 cm³/mol. The number of hydrogen-bond acceptors (Lipinski definition) is 3. The van der Waals surface area contributed by atoms with Gasteiger partial charge in [0.1, 0.15) is 6.04 Å². The molecule has 0 bridgehead atoms. The van der Waals surface area contributed by atoms with Crippen LogP contribution in [0.2, 0.25) is 0 Å². The number of amides is 2. The summed E-state index contributed by atoms with van der Waals surface area (Å²) in [7, 11) is 0. The van der Waals surface area contributed by atoms with E-state index in [1.54, 1.807) is 12.1 Å². The van der Waals surface area contributed by atoms with Gasteiger partial charge in [0, 0.05) is 12.0 Å². The first-order valence-corrected chi connectivity index (χ1v) is 6.73. The van der Waals surface area contributed by atoms with E-state index in [4.69, 9.17) is 10.8 Å². The molecule has 21 heavy (non-hydrogen) atoms. The molecule has 0 heterocycles. The Morgan fingerprint density at radius 1 is 1.19 bits per heavy atom. The number of aliphatic carboxylic acids is 1. The van der Waals surface area contributed by atoms with Crippen LogP contribution in [0.4, 0.5) is 0 Å². The molecule has 114 valence electrons. The largest absolute Gasteiger partial charge is 0.480 e. The number of rotatable bonds is 7. The molecule has 6 heteroatoms. The van der Waals surface area contributed by atoms with E-state index in [1.807, 2.05) is 26.0 Å². The van der Waals surface area contributed by atoms with E-state index in [2.05, 4.69) is 5.32 Å². The van der Waals surface area contributed by atoms with Crippen LogP contribution in [0.15, 0.2) is 24.3 Å². The first-order valence-electron chi connectivity index (χ1n) is 6.73. The molecule has 1 aromatic carbocycles. The van der Waals surface area contributed by atoms with Crippen LogP contribution in [-0.2, 0) is 9.59 Å². The smallest absolute Gasteiger partial charge is 0.326 e. The fourth-order valence-electron chi connectivity index (χ4n) is 1.80. The Labute approximate surface area is 123 Å². The molecular formula is C15H20N2O4. The molecule has 0 aliphatic heterocycles. The van der Waals surface area contributed by atoms with E-state index in [-0.39, 0.29) is 12.8 Å². The average Bonchev–Trinajstić information content (AvgIpc) is 2.42. The molecule has 1 rings (SSSR count). The number of hydrogen-bond donors (Lipinski definition) is 3. The highest BCUT2D eigenvalue weighted by Crippen LogP contribution is 2.14. The van der Waals surface area contributed by atoms with Crippen LogP contribution in [0.25, 0.3) is 0 Å². The van der Waals surface area contributed by atoms with Crippen molar-refractivity contribution in [2.24, 2.45) is 5.73 Å². The Bertz CT molecular complexity index is 523. The van der Waals surface area contributed by atoms with E-state index in [0.717, 1.165) is 5.56 Å². The van der Waals surface area contributed by atoms with Crippen molar-refractivity contribution in [2.75, 3.05) is 0 Å². The zero-order valence-corrected chi connectivity index (χ0v) is 12.1. The van der Waals surface area contributed by atoms with Crippen molar-refractivity contribution in [3.8, 4) is 0 Å². The van der Waals surface area contributed by atoms with Crippen LogP contribution in [0.5, 0.6) is 0 Å². The maximum Gasteiger partial charge on any atom is 0.326 e. The minimum Gasteiger partial charge on any atom is -0.480 e. The number of primary amides is 1. The van der Waals surface area contributed by atoms with Gasteiger partial charge >= 0.3 is 5.97 Å². The van der Waals surface area contributed by atoms with Crippen LogP contribution in [-0.4, -0.2) is 28.9 Å². The van der Waals surface area contributed by atoms with Gasteiger partial charge in [-0.1, -0.05) is 26.0 Å².